The van der Waals surface area contributed by atoms with Crippen molar-refractivity contribution in [3.8, 4) is 5.75 Å². The van der Waals surface area contributed by atoms with E-state index in [9.17, 15) is 14.4 Å². The summed E-state index contributed by atoms with van der Waals surface area (Å²) in [6.45, 7) is 5.75. The first-order chi connectivity index (χ1) is 16.7. The molecule has 0 unspecified atom stereocenters. The van der Waals surface area contributed by atoms with E-state index in [2.05, 4.69) is 20.5 Å². The first kappa shape index (κ1) is 25.6. The molecule has 1 atom stereocenters. The van der Waals surface area contributed by atoms with Crippen LogP contribution in [0.2, 0.25) is 0 Å². The molecule has 2 aromatic carbocycles. The van der Waals surface area contributed by atoms with Gasteiger partial charge in [-0.25, -0.2) is 0 Å². The van der Waals surface area contributed by atoms with Crippen molar-refractivity contribution in [2.45, 2.75) is 39.7 Å². The Balaban J connectivity index is 0.000000429. The number of nitrogens with zero attached hydrogens (tertiary/aromatic N) is 3. The molecule has 0 spiro atoms. The summed E-state index contributed by atoms with van der Waals surface area (Å²) in [7, 11) is 1.65. The van der Waals surface area contributed by atoms with E-state index in [4.69, 9.17) is 4.74 Å². The molecule has 1 aliphatic rings. The lowest BCUT2D eigenvalue weighted by Gasteiger charge is -2.19. The molecule has 3 aromatic rings. The summed E-state index contributed by atoms with van der Waals surface area (Å²) < 4.78 is 5.70. The van der Waals surface area contributed by atoms with E-state index < -0.39 is 11.9 Å². The Bertz CT molecular complexity index is 1160. The number of rotatable bonds is 6. The van der Waals surface area contributed by atoms with Crippen molar-refractivity contribution >= 4 is 23.3 Å². The average Bonchev–Trinajstić information content (AvgIpc) is 3.25. The van der Waals surface area contributed by atoms with Gasteiger partial charge in [-0.05, 0) is 30.5 Å². The zero-order chi connectivity index (χ0) is 25.4. The quantitative estimate of drug-likeness (QED) is 0.563. The van der Waals surface area contributed by atoms with Crippen molar-refractivity contribution in [2.75, 3.05) is 18.6 Å². The third kappa shape index (κ3) is 7.23. The van der Waals surface area contributed by atoms with Gasteiger partial charge in [0.25, 0.3) is 11.8 Å². The molecule has 2 amide bonds. The first-order valence-electron chi connectivity index (χ1n) is 11.5. The minimum atomic E-state index is -0.826. The molecule has 0 saturated heterocycles. The van der Waals surface area contributed by atoms with Crippen LogP contribution in [-0.4, -0.2) is 52.5 Å². The van der Waals surface area contributed by atoms with E-state index in [-0.39, 0.29) is 24.1 Å². The van der Waals surface area contributed by atoms with E-state index in [1.807, 2.05) is 56.3 Å². The van der Waals surface area contributed by atoms with E-state index >= 15 is 0 Å². The molecule has 4 rings (SSSR count). The van der Waals surface area contributed by atoms with Crippen LogP contribution in [0.4, 0.5) is 5.69 Å². The number of carbonyl (C=O) groups is 3. The van der Waals surface area contributed by atoms with Crippen LogP contribution >= 0.6 is 0 Å². The molecule has 0 radical (unpaired) electrons. The summed E-state index contributed by atoms with van der Waals surface area (Å²) >= 11 is 0. The minimum absolute atomic E-state index is 0.0386. The number of para-hydroxylation sites is 2. The second kappa shape index (κ2) is 11.9. The summed E-state index contributed by atoms with van der Waals surface area (Å²) in [5.74, 6) is 1.27. The molecule has 1 aromatic heterocycles. The number of anilines is 1. The number of Topliss-reactive ketones (excluding diaryl/α,β-unsaturated/α-hetero) is 1. The molecule has 9 heteroatoms. The Kier molecular flexibility index (Phi) is 8.72. The van der Waals surface area contributed by atoms with E-state index in [1.165, 1.54) is 4.90 Å². The highest BCUT2D eigenvalue weighted by molar-refractivity contribution is 6.02. The number of ether oxygens (including phenoxy) is 1. The molecule has 2 heterocycles. The van der Waals surface area contributed by atoms with Gasteiger partial charge in [-0.3, -0.25) is 9.59 Å². The summed E-state index contributed by atoms with van der Waals surface area (Å²) in [5, 5.41) is 10.6. The summed E-state index contributed by atoms with van der Waals surface area (Å²) in [5.41, 5.74) is 1.71. The van der Waals surface area contributed by atoms with Crippen molar-refractivity contribution in [3.05, 3.63) is 71.8 Å². The van der Waals surface area contributed by atoms with E-state index in [0.29, 0.717) is 29.6 Å². The number of H-pyrrole nitrogens is 1. The summed E-state index contributed by atoms with van der Waals surface area (Å²) in [6.07, 6.45) is 1.25. The van der Waals surface area contributed by atoms with Crippen LogP contribution in [0.1, 0.15) is 49.2 Å². The number of aromatic amines is 1. The number of fused-ring (bicyclic) bond motifs is 1. The lowest BCUT2D eigenvalue weighted by molar-refractivity contribution is -0.120. The SMILES string of the molecule is CC(=O)CC(C)C.CN1C(=O)[C@@H](NC(=O)c2nnc(Cc3ccccc3)[nH]2)COc2ccccc21. The van der Waals surface area contributed by atoms with Gasteiger partial charge in [0.15, 0.2) is 0 Å². The molecule has 0 bridgehead atoms. The topological polar surface area (TPSA) is 117 Å². The molecular weight excluding hydrogens is 446 g/mol. The molecule has 2 N–H and O–H groups in total. The standard InChI is InChI=1S/C20H19N5O3.C6H12O/c1-25-15-9-5-6-10-16(15)28-12-14(20(25)27)21-19(26)18-22-17(23-24-18)11-13-7-3-2-4-8-13;1-5(2)4-6(3)7/h2-10,14H,11-12H2,1H3,(H,21,26)(H,22,23,24);5H,4H2,1-3H3/t14-;/m0./s1. The van der Waals surface area contributed by atoms with Gasteiger partial charge < -0.3 is 24.7 Å². The zero-order valence-corrected chi connectivity index (χ0v) is 20.4. The predicted octanol–water partition coefficient (Wildman–Crippen LogP) is 3.17. The van der Waals surface area contributed by atoms with Crippen LogP contribution < -0.4 is 15.0 Å². The Morgan fingerprint density at radius 3 is 2.46 bits per heavy atom. The summed E-state index contributed by atoms with van der Waals surface area (Å²) in [6, 6.07) is 16.2. The van der Waals surface area contributed by atoms with Crippen LogP contribution in [0.5, 0.6) is 5.75 Å². The van der Waals surface area contributed by atoms with Crippen LogP contribution in [0, 0.1) is 5.92 Å². The van der Waals surface area contributed by atoms with Crippen molar-refractivity contribution in [1.82, 2.24) is 20.5 Å². The predicted molar refractivity (Wildman–Crippen MR) is 132 cm³/mol. The number of nitrogens with one attached hydrogen (secondary N) is 2. The number of hydrogen-bond acceptors (Lipinski definition) is 6. The first-order valence-corrected chi connectivity index (χ1v) is 11.5. The van der Waals surface area contributed by atoms with Crippen LogP contribution in [0.15, 0.2) is 54.6 Å². The number of aromatic nitrogens is 3. The van der Waals surface area contributed by atoms with Crippen LogP contribution in [0.3, 0.4) is 0 Å². The van der Waals surface area contributed by atoms with Crippen molar-refractivity contribution in [1.29, 1.82) is 0 Å². The Morgan fingerprint density at radius 1 is 1.11 bits per heavy atom. The number of hydrogen-bond donors (Lipinski definition) is 2. The number of benzene rings is 2. The van der Waals surface area contributed by atoms with Gasteiger partial charge in [0.1, 0.15) is 30.0 Å². The highest BCUT2D eigenvalue weighted by atomic mass is 16.5. The van der Waals surface area contributed by atoms with Gasteiger partial charge >= 0.3 is 0 Å². The maximum atomic E-state index is 12.7. The third-order valence-corrected chi connectivity index (χ3v) is 5.22. The second-order valence-electron chi connectivity index (χ2n) is 8.78. The zero-order valence-electron chi connectivity index (χ0n) is 20.4. The number of ketones is 1. The second-order valence-corrected chi connectivity index (χ2v) is 8.78. The smallest absolute Gasteiger partial charge is 0.289 e. The van der Waals surface area contributed by atoms with Crippen LogP contribution in [-0.2, 0) is 16.0 Å². The molecule has 9 nitrogen and oxygen atoms in total. The monoisotopic (exact) mass is 477 g/mol. The fourth-order valence-electron chi connectivity index (χ4n) is 3.63. The Hall–Kier alpha value is -4.01. The molecule has 1 aliphatic heterocycles. The lowest BCUT2D eigenvalue weighted by Crippen LogP contribution is -2.49. The fraction of sp³-hybridized carbons (Fsp3) is 0.346. The molecule has 0 fully saturated rings. The maximum Gasteiger partial charge on any atom is 0.289 e. The lowest BCUT2D eigenvalue weighted by atomic mass is 10.1. The van der Waals surface area contributed by atoms with Crippen molar-refractivity contribution in [3.63, 3.8) is 0 Å². The summed E-state index contributed by atoms with van der Waals surface area (Å²) in [4.78, 5) is 39.9. The van der Waals surface area contributed by atoms with Gasteiger partial charge in [-0.1, -0.05) is 56.3 Å². The number of likely N-dealkylation sites (N-methyl/N-ethyl adjacent to an activating group) is 1. The maximum absolute atomic E-state index is 12.7. The molecule has 0 saturated carbocycles. The van der Waals surface area contributed by atoms with Gasteiger partial charge in [0, 0.05) is 19.9 Å². The minimum Gasteiger partial charge on any atom is -0.489 e. The van der Waals surface area contributed by atoms with E-state index in [0.717, 1.165) is 12.0 Å². The normalized spacial score (nSPS) is 14.8. The van der Waals surface area contributed by atoms with Crippen LogP contribution in [0.25, 0.3) is 0 Å². The van der Waals surface area contributed by atoms with Crippen molar-refractivity contribution in [2.24, 2.45) is 5.92 Å². The third-order valence-electron chi connectivity index (χ3n) is 5.22. The Labute approximate surface area is 204 Å². The van der Waals surface area contributed by atoms with Gasteiger partial charge in [-0.2, -0.15) is 0 Å². The number of amides is 2. The number of carbonyl (C=O) groups excluding carboxylic acids is 3. The average molecular weight is 478 g/mol. The molecular formula is C26H31N5O4. The molecule has 184 valence electrons. The highest BCUT2D eigenvalue weighted by Crippen LogP contribution is 2.29. The van der Waals surface area contributed by atoms with Gasteiger partial charge in [0.2, 0.25) is 5.82 Å². The fourth-order valence-corrected chi connectivity index (χ4v) is 3.63. The highest BCUT2D eigenvalue weighted by Gasteiger charge is 2.31. The largest absolute Gasteiger partial charge is 0.489 e. The van der Waals surface area contributed by atoms with Crippen molar-refractivity contribution < 1.29 is 19.1 Å². The molecule has 0 aliphatic carbocycles. The van der Waals surface area contributed by atoms with Gasteiger partial charge in [-0.15, -0.1) is 10.2 Å². The Morgan fingerprint density at radius 2 is 1.80 bits per heavy atom. The van der Waals surface area contributed by atoms with Gasteiger partial charge in [0.05, 0.1) is 5.69 Å². The van der Waals surface area contributed by atoms with E-state index in [1.54, 1.807) is 26.1 Å². The molecule has 35 heavy (non-hydrogen) atoms.